The summed E-state index contributed by atoms with van der Waals surface area (Å²) in [5, 5.41) is 2.99. The molecule has 0 aliphatic carbocycles. The Labute approximate surface area is 169 Å². The van der Waals surface area contributed by atoms with E-state index >= 15 is 0 Å². The fraction of sp³-hybridized carbons (Fsp3) is 0.458. The Morgan fingerprint density at radius 3 is 2.29 bits per heavy atom. The SMILES string of the molecule is CC[C@@H](Oc1ccc(C(C)(C)C)cc1)C(=O)N[C@@H](C)COc1ccccc1C. The first kappa shape index (κ1) is 21.8. The van der Waals surface area contributed by atoms with Crippen molar-refractivity contribution in [1.29, 1.82) is 0 Å². The zero-order chi connectivity index (χ0) is 20.7. The summed E-state index contributed by atoms with van der Waals surface area (Å²) in [6.07, 6.45) is 0.0690. The van der Waals surface area contributed by atoms with Crippen molar-refractivity contribution in [3.05, 3.63) is 59.7 Å². The van der Waals surface area contributed by atoms with Crippen LogP contribution in [0.4, 0.5) is 0 Å². The van der Waals surface area contributed by atoms with E-state index in [4.69, 9.17) is 9.47 Å². The second-order valence-electron chi connectivity index (χ2n) is 8.28. The molecule has 4 nitrogen and oxygen atoms in total. The van der Waals surface area contributed by atoms with E-state index in [0.717, 1.165) is 11.3 Å². The molecule has 0 saturated heterocycles. The van der Waals surface area contributed by atoms with Gasteiger partial charge in [-0.15, -0.1) is 0 Å². The lowest BCUT2D eigenvalue weighted by Crippen LogP contribution is -2.44. The predicted octanol–water partition coefficient (Wildman–Crippen LogP) is 5.03. The van der Waals surface area contributed by atoms with Gasteiger partial charge in [-0.3, -0.25) is 4.79 Å². The lowest BCUT2D eigenvalue weighted by Gasteiger charge is -2.22. The molecule has 0 spiro atoms. The third kappa shape index (κ3) is 6.29. The van der Waals surface area contributed by atoms with Gasteiger partial charge in [-0.25, -0.2) is 0 Å². The van der Waals surface area contributed by atoms with Crippen LogP contribution in [0.2, 0.25) is 0 Å². The fourth-order valence-corrected chi connectivity index (χ4v) is 2.83. The highest BCUT2D eigenvalue weighted by Gasteiger charge is 2.21. The normalized spacial score (nSPS) is 13.5. The van der Waals surface area contributed by atoms with Crippen LogP contribution in [0, 0.1) is 6.92 Å². The van der Waals surface area contributed by atoms with Gasteiger partial charge in [-0.05, 0) is 55.0 Å². The van der Waals surface area contributed by atoms with Gasteiger partial charge in [-0.2, -0.15) is 0 Å². The number of aryl methyl sites for hydroxylation is 1. The Morgan fingerprint density at radius 2 is 1.71 bits per heavy atom. The highest BCUT2D eigenvalue weighted by Crippen LogP contribution is 2.25. The second-order valence-corrected chi connectivity index (χ2v) is 8.28. The Hall–Kier alpha value is -2.49. The summed E-state index contributed by atoms with van der Waals surface area (Å²) < 4.78 is 11.7. The van der Waals surface area contributed by atoms with E-state index in [-0.39, 0.29) is 17.4 Å². The van der Waals surface area contributed by atoms with E-state index in [1.54, 1.807) is 0 Å². The monoisotopic (exact) mass is 383 g/mol. The van der Waals surface area contributed by atoms with E-state index in [2.05, 4.69) is 38.2 Å². The molecule has 0 aromatic heterocycles. The van der Waals surface area contributed by atoms with Crippen molar-refractivity contribution in [2.45, 2.75) is 65.5 Å². The molecule has 4 heteroatoms. The van der Waals surface area contributed by atoms with Gasteiger partial charge < -0.3 is 14.8 Å². The van der Waals surface area contributed by atoms with Gasteiger partial charge in [-0.1, -0.05) is 58.0 Å². The molecule has 2 rings (SSSR count). The molecule has 2 aromatic rings. The molecule has 0 radical (unpaired) electrons. The summed E-state index contributed by atoms with van der Waals surface area (Å²) in [7, 11) is 0. The summed E-state index contributed by atoms with van der Waals surface area (Å²) >= 11 is 0. The lowest BCUT2D eigenvalue weighted by atomic mass is 9.87. The molecule has 2 aromatic carbocycles. The third-order valence-electron chi connectivity index (χ3n) is 4.63. The first-order valence-electron chi connectivity index (χ1n) is 9.96. The van der Waals surface area contributed by atoms with Crippen LogP contribution < -0.4 is 14.8 Å². The van der Waals surface area contributed by atoms with Gasteiger partial charge >= 0.3 is 0 Å². The van der Waals surface area contributed by atoms with Gasteiger partial charge in [0, 0.05) is 0 Å². The van der Waals surface area contributed by atoms with Gasteiger partial charge in [0.05, 0.1) is 6.04 Å². The maximum atomic E-state index is 12.6. The predicted molar refractivity (Wildman–Crippen MR) is 114 cm³/mol. The van der Waals surface area contributed by atoms with E-state index in [0.29, 0.717) is 18.8 Å². The number of amides is 1. The first-order valence-corrected chi connectivity index (χ1v) is 9.96. The molecular weight excluding hydrogens is 350 g/mol. The van der Waals surface area contributed by atoms with Gasteiger partial charge in [0.15, 0.2) is 6.10 Å². The van der Waals surface area contributed by atoms with Crippen LogP contribution in [0.3, 0.4) is 0 Å². The maximum Gasteiger partial charge on any atom is 0.261 e. The van der Waals surface area contributed by atoms with Crippen LogP contribution in [0.1, 0.15) is 52.2 Å². The lowest BCUT2D eigenvalue weighted by molar-refractivity contribution is -0.128. The van der Waals surface area contributed by atoms with E-state index in [1.165, 1.54) is 5.56 Å². The number of para-hydroxylation sites is 1. The topological polar surface area (TPSA) is 47.6 Å². The van der Waals surface area contributed by atoms with Crippen LogP contribution in [0.15, 0.2) is 48.5 Å². The Kier molecular flexibility index (Phi) is 7.50. The fourth-order valence-electron chi connectivity index (χ4n) is 2.83. The molecule has 0 aliphatic heterocycles. The number of ether oxygens (including phenoxy) is 2. The Morgan fingerprint density at radius 1 is 1.07 bits per heavy atom. The second kappa shape index (κ2) is 9.63. The molecule has 0 saturated carbocycles. The van der Waals surface area contributed by atoms with Crippen molar-refractivity contribution >= 4 is 5.91 Å². The zero-order valence-corrected chi connectivity index (χ0v) is 17.9. The smallest absolute Gasteiger partial charge is 0.261 e. The average Bonchev–Trinajstić information content (AvgIpc) is 2.65. The van der Waals surface area contributed by atoms with Gasteiger partial charge in [0.1, 0.15) is 18.1 Å². The molecule has 0 unspecified atom stereocenters. The minimum atomic E-state index is -0.526. The van der Waals surface area contributed by atoms with Gasteiger partial charge in [0.25, 0.3) is 5.91 Å². The van der Waals surface area contributed by atoms with Crippen LogP contribution >= 0.6 is 0 Å². The Balaban J connectivity index is 1.89. The van der Waals surface area contributed by atoms with E-state index < -0.39 is 6.10 Å². The van der Waals surface area contributed by atoms with Crippen molar-refractivity contribution in [3.8, 4) is 11.5 Å². The number of hydrogen-bond acceptors (Lipinski definition) is 3. The standard InChI is InChI=1S/C24H33NO3/c1-7-21(28-20-14-12-19(13-15-20)24(4,5)6)23(26)25-18(3)16-27-22-11-9-8-10-17(22)2/h8-15,18,21H,7,16H2,1-6H3,(H,25,26)/t18-,21+/m0/s1. The maximum absolute atomic E-state index is 12.6. The molecule has 0 fully saturated rings. The molecule has 0 heterocycles. The molecule has 152 valence electrons. The highest BCUT2D eigenvalue weighted by molar-refractivity contribution is 5.81. The number of carbonyl (C=O) groups is 1. The number of nitrogens with one attached hydrogen (secondary N) is 1. The zero-order valence-electron chi connectivity index (χ0n) is 17.9. The molecule has 1 amide bonds. The number of rotatable bonds is 8. The van der Waals surface area contributed by atoms with E-state index in [1.807, 2.05) is 57.2 Å². The number of hydrogen-bond donors (Lipinski definition) is 1. The number of carbonyl (C=O) groups excluding carboxylic acids is 1. The first-order chi connectivity index (χ1) is 13.2. The average molecular weight is 384 g/mol. The minimum Gasteiger partial charge on any atom is -0.491 e. The van der Waals surface area contributed by atoms with Crippen LogP contribution in [0.25, 0.3) is 0 Å². The highest BCUT2D eigenvalue weighted by atomic mass is 16.5. The minimum absolute atomic E-state index is 0.0899. The van der Waals surface area contributed by atoms with Crippen molar-refractivity contribution < 1.29 is 14.3 Å². The molecule has 1 N–H and O–H groups in total. The third-order valence-corrected chi connectivity index (χ3v) is 4.63. The summed E-state index contributed by atoms with van der Waals surface area (Å²) in [6, 6.07) is 15.7. The molecule has 28 heavy (non-hydrogen) atoms. The summed E-state index contributed by atoms with van der Waals surface area (Å²) in [5.74, 6) is 1.42. The number of benzene rings is 2. The van der Waals surface area contributed by atoms with E-state index in [9.17, 15) is 4.79 Å². The van der Waals surface area contributed by atoms with Crippen molar-refractivity contribution in [1.82, 2.24) is 5.32 Å². The molecule has 0 bridgehead atoms. The molecule has 2 atom stereocenters. The van der Waals surface area contributed by atoms with Crippen molar-refractivity contribution in [2.24, 2.45) is 0 Å². The van der Waals surface area contributed by atoms with Crippen LogP contribution in [-0.2, 0) is 10.2 Å². The molecule has 0 aliphatic rings. The summed E-state index contributed by atoms with van der Waals surface area (Å²) in [4.78, 5) is 12.6. The van der Waals surface area contributed by atoms with Crippen LogP contribution in [-0.4, -0.2) is 24.7 Å². The van der Waals surface area contributed by atoms with Crippen molar-refractivity contribution in [2.75, 3.05) is 6.61 Å². The largest absolute Gasteiger partial charge is 0.491 e. The van der Waals surface area contributed by atoms with Gasteiger partial charge in [0.2, 0.25) is 0 Å². The summed E-state index contributed by atoms with van der Waals surface area (Å²) in [5.41, 5.74) is 2.40. The quantitative estimate of drug-likeness (QED) is 0.695. The van der Waals surface area contributed by atoms with Crippen molar-refractivity contribution in [3.63, 3.8) is 0 Å². The summed E-state index contributed by atoms with van der Waals surface area (Å²) in [6.45, 7) is 12.8. The molecular formula is C24H33NO3. The van der Waals surface area contributed by atoms with Crippen LogP contribution in [0.5, 0.6) is 11.5 Å². The Bertz CT molecular complexity index is 762.